The molecule has 2 aromatic heterocycles. The summed E-state index contributed by atoms with van der Waals surface area (Å²) in [5.74, 6) is 0. The molecule has 0 amide bonds. The largest absolute Gasteiger partial charge is 0.466 e. The van der Waals surface area contributed by atoms with Crippen LogP contribution in [0, 0.1) is 20.4 Å². The number of pyridine rings is 1. The average Bonchev–Trinajstić information content (AvgIpc) is 3.12. The molecule has 3 aromatic carbocycles. The minimum Gasteiger partial charge on any atom is -0.466 e. The fourth-order valence-corrected chi connectivity index (χ4v) is 4.30. The number of hydrogen-bond acceptors (Lipinski definition) is 1. The summed E-state index contributed by atoms with van der Waals surface area (Å²) in [6, 6.07) is 22.8. The van der Waals surface area contributed by atoms with Crippen LogP contribution in [0.5, 0.6) is 0 Å². The second-order valence-corrected chi connectivity index (χ2v) is 7.69. The van der Waals surface area contributed by atoms with E-state index in [9.17, 15) is 0 Å². The van der Waals surface area contributed by atoms with Gasteiger partial charge in [-0.3, -0.25) is 0 Å². The molecule has 0 atom stereocenters. The van der Waals surface area contributed by atoms with E-state index in [1.54, 1.807) is 0 Å². The summed E-state index contributed by atoms with van der Waals surface area (Å²) in [5.41, 5.74) is 8.53. The third-order valence-corrected chi connectivity index (χ3v) is 5.88. The van der Waals surface area contributed by atoms with E-state index in [-0.39, 0.29) is 0 Å². The zero-order valence-corrected chi connectivity index (χ0v) is 17.2. The highest BCUT2D eigenvalue weighted by atomic mass is 16.3. The Labute approximate surface area is 175 Å². The van der Waals surface area contributed by atoms with Gasteiger partial charge < -0.3 is 4.42 Å². The van der Waals surface area contributed by atoms with Gasteiger partial charge in [0.2, 0.25) is 11.4 Å². The number of furan rings is 1. The summed E-state index contributed by atoms with van der Waals surface area (Å²) in [6.45, 7) is 12.0. The molecular formula is C27H21N2O+. The molecule has 30 heavy (non-hydrogen) atoms. The van der Waals surface area contributed by atoms with E-state index in [2.05, 4.69) is 52.7 Å². The van der Waals surface area contributed by atoms with Crippen LogP contribution in [0.1, 0.15) is 11.1 Å². The topological polar surface area (TPSA) is 21.4 Å². The number of benzene rings is 3. The van der Waals surface area contributed by atoms with E-state index < -0.39 is 0 Å². The Kier molecular flexibility index (Phi) is 4.15. The molecule has 3 heteroatoms. The SMILES string of the molecule is [C-]#[N+]c1c(C)c(-c2ccccc2)cc2c1oc1c(-c3cccc[n+]3C)c(C)ccc12. The van der Waals surface area contributed by atoms with E-state index in [0.717, 1.165) is 49.9 Å². The van der Waals surface area contributed by atoms with Gasteiger partial charge in [-0.25, -0.2) is 9.41 Å². The van der Waals surface area contributed by atoms with Crippen molar-refractivity contribution in [3.63, 3.8) is 0 Å². The number of rotatable bonds is 2. The van der Waals surface area contributed by atoms with Gasteiger partial charge in [0.1, 0.15) is 18.2 Å². The molecule has 0 saturated heterocycles. The fourth-order valence-electron chi connectivity index (χ4n) is 4.30. The highest BCUT2D eigenvalue weighted by molar-refractivity contribution is 6.14. The van der Waals surface area contributed by atoms with Crippen LogP contribution in [-0.2, 0) is 7.05 Å². The lowest BCUT2D eigenvalue weighted by molar-refractivity contribution is -0.660. The van der Waals surface area contributed by atoms with Crippen LogP contribution in [-0.4, -0.2) is 0 Å². The Balaban J connectivity index is 1.92. The monoisotopic (exact) mass is 389 g/mol. The minimum absolute atomic E-state index is 0.587. The van der Waals surface area contributed by atoms with Crippen LogP contribution in [0.2, 0.25) is 0 Å². The molecule has 0 fully saturated rings. The highest BCUT2D eigenvalue weighted by Gasteiger charge is 2.23. The van der Waals surface area contributed by atoms with Crippen LogP contribution in [0.3, 0.4) is 0 Å². The van der Waals surface area contributed by atoms with Crippen LogP contribution in [0.25, 0.3) is 49.2 Å². The molecule has 0 aliphatic rings. The summed E-state index contributed by atoms with van der Waals surface area (Å²) in [6.07, 6.45) is 2.04. The average molecular weight is 389 g/mol. The van der Waals surface area contributed by atoms with Crippen molar-refractivity contribution in [2.45, 2.75) is 13.8 Å². The zero-order valence-electron chi connectivity index (χ0n) is 17.2. The molecule has 0 radical (unpaired) electrons. The lowest BCUT2D eigenvalue weighted by Gasteiger charge is -2.08. The van der Waals surface area contributed by atoms with Gasteiger partial charge in [-0.2, -0.15) is 0 Å². The third kappa shape index (κ3) is 2.62. The smallest absolute Gasteiger partial charge is 0.232 e. The van der Waals surface area contributed by atoms with Crippen molar-refractivity contribution < 1.29 is 8.98 Å². The Morgan fingerprint density at radius 1 is 0.867 bits per heavy atom. The molecule has 3 nitrogen and oxygen atoms in total. The van der Waals surface area contributed by atoms with Crippen molar-refractivity contribution in [3.8, 4) is 22.4 Å². The quantitative estimate of drug-likeness (QED) is 0.237. The van der Waals surface area contributed by atoms with Crippen LogP contribution in [0.4, 0.5) is 5.69 Å². The Morgan fingerprint density at radius 3 is 2.37 bits per heavy atom. The zero-order chi connectivity index (χ0) is 20.8. The van der Waals surface area contributed by atoms with Gasteiger partial charge in [-0.1, -0.05) is 42.5 Å². The van der Waals surface area contributed by atoms with Crippen LogP contribution >= 0.6 is 0 Å². The first kappa shape index (κ1) is 18.1. The molecule has 5 rings (SSSR count). The van der Waals surface area contributed by atoms with Crippen molar-refractivity contribution in [2.75, 3.05) is 0 Å². The van der Waals surface area contributed by atoms with Gasteiger partial charge >= 0.3 is 0 Å². The molecule has 0 aliphatic heterocycles. The highest BCUT2D eigenvalue weighted by Crippen LogP contribution is 2.44. The second kappa shape index (κ2) is 6.86. The molecule has 0 spiro atoms. The number of nitrogens with zero attached hydrogens (tertiary/aromatic N) is 2. The second-order valence-electron chi connectivity index (χ2n) is 7.69. The maximum Gasteiger partial charge on any atom is 0.232 e. The number of aromatic nitrogens is 1. The van der Waals surface area contributed by atoms with Crippen molar-refractivity contribution >= 4 is 27.6 Å². The standard InChI is InChI=1S/C27H21N2O/c1-17-13-14-20-22-16-21(19-10-6-5-7-11-19)18(2)25(28-3)27(22)30-26(20)24(17)23-12-8-9-15-29(23)4/h5-16H,1-2,4H3/q+1. The Hall–Kier alpha value is -3.90. The van der Waals surface area contributed by atoms with Crippen molar-refractivity contribution in [3.05, 3.63) is 95.5 Å². The maximum absolute atomic E-state index is 7.85. The van der Waals surface area contributed by atoms with Crippen LogP contribution < -0.4 is 4.57 Å². The van der Waals surface area contributed by atoms with Gasteiger partial charge in [0.25, 0.3) is 0 Å². The molecule has 0 unspecified atom stereocenters. The van der Waals surface area contributed by atoms with Gasteiger partial charge in [0.05, 0.1) is 12.1 Å². The van der Waals surface area contributed by atoms with E-state index in [4.69, 9.17) is 11.0 Å². The van der Waals surface area contributed by atoms with Gasteiger partial charge in [-0.15, -0.1) is 0 Å². The van der Waals surface area contributed by atoms with E-state index in [1.807, 2.05) is 50.5 Å². The van der Waals surface area contributed by atoms with Crippen molar-refractivity contribution in [1.29, 1.82) is 0 Å². The minimum atomic E-state index is 0.587. The molecule has 0 N–H and O–H groups in total. The van der Waals surface area contributed by atoms with E-state index >= 15 is 0 Å². The van der Waals surface area contributed by atoms with E-state index in [0.29, 0.717) is 11.3 Å². The summed E-state index contributed by atoms with van der Waals surface area (Å²) in [5, 5.41) is 2.02. The predicted molar refractivity (Wildman–Crippen MR) is 122 cm³/mol. The summed E-state index contributed by atoms with van der Waals surface area (Å²) < 4.78 is 8.54. The summed E-state index contributed by atoms with van der Waals surface area (Å²) in [7, 11) is 2.04. The number of hydrogen-bond donors (Lipinski definition) is 0. The van der Waals surface area contributed by atoms with Crippen LogP contribution in [0.15, 0.2) is 77.3 Å². The number of fused-ring (bicyclic) bond motifs is 3. The number of aryl methyl sites for hydroxylation is 2. The summed E-state index contributed by atoms with van der Waals surface area (Å²) >= 11 is 0. The fraction of sp³-hybridized carbons (Fsp3) is 0.111. The first-order chi connectivity index (χ1) is 14.6. The predicted octanol–water partition coefficient (Wildman–Crippen LogP) is 6.91. The Bertz CT molecular complexity index is 1470. The Morgan fingerprint density at radius 2 is 1.63 bits per heavy atom. The lowest BCUT2D eigenvalue weighted by atomic mass is 9.95. The first-order valence-electron chi connectivity index (χ1n) is 9.97. The maximum atomic E-state index is 7.85. The first-order valence-corrected chi connectivity index (χ1v) is 9.97. The van der Waals surface area contributed by atoms with Crippen molar-refractivity contribution in [2.24, 2.45) is 7.05 Å². The molecule has 0 aliphatic carbocycles. The van der Waals surface area contributed by atoms with E-state index in [1.165, 1.54) is 0 Å². The third-order valence-electron chi connectivity index (χ3n) is 5.88. The molecule has 2 heterocycles. The molecule has 0 bridgehead atoms. The molecule has 144 valence electrons. The molecule has 5 aromatic rings. The summed E-state index contributed by atoms with van der Waals surface area (Å²) in [4.78, 5) is 3.87. The normalized spacial score (nSPS) is 11.1. The molecular weight excluding hydrogens is 368 g/mol. The van der Waals surface area contributed by atoms with Gasteiger partial charge in [0.15, 0.2) is 6.20 Å². The lowest BCUT2D eigenvalue weighted by Crippen LogP contribution is -2.30. The van der Waals surface area contributed by atoms with Crippen molar-refractivity contribution in [1.82, 2.24) is 0 Å². The molecule has 0 saturated carbocycles. The van der Waals surface area contributed by atoms with Gasteiger partial charge in [0, 0.05) is 22.9 Å². The van der Waals surface area contributed by atoms with Gasteiger partial charge in [-0.05, 0) is 48.2 Å².